The third kappa shape index (κ3) is 5.11. The molecule has 3 N–H and O–H groups in total. The lowest BCUT2D eigenvalue weighted by molar-refractivity contribution is -0.153. The number of esters is 1. The van der Waals surface area contributed by atoms with Crippen molar-refractivity contribution in [1.29, 1.82) is 0 Å². The van der Waals surface area contributed by atoms with Crippen LogP contribution in [0.4, 0.5) is 9.39 Å². The van der Waals surface area contributed by atoms with Crippen molar-refractivity contribution in [1.82, 2.24) is 0 Å². The summed E-state index contributed by atoms with van der Waals surface area (Å²) in [4.78, 5) is 37.1. The van der Waals surface area contributed by atoms with Crippen LogP contribution in [0.1, 0.15) is 40.6 Å². The Hall–Kier alpha value is -2.94. The first-order valence-electron chi connectivity index (χ1n) is 9.18. The van der Waals surface area contributed by atoms with Crippen LogP contribution in [-0.4, -0.2) is 30.5 Å². The number of primary amides is 1. The lowest BCUT2D eigenvalue weighted by Crippen LogP contribution is -2.30. The summed E-state index contributed by atoms with van der Waals surface area (Å²) in [6.45, 7) is 0.929. The third-order valence-corrected chi connectivity index (χ3v) is 5.68. The van der Waals surface area contributed by atoms with Crippen LogP contribution in [0.5, 0.6) is 5.75 Å². The van der Waals surface area contributed by atoms with Crippen LogP contribution in [0.25, 0.3) is 0 Å². The Labute approximate surface area is 171 Å². The summed E-state index contributed by atoms with van der Waals surface area (Å²) < 4.78 is 23.2. The van der Waals surface area contributed by atoms with E-state index in [-0.39, 0.29) is 0 Å². The Kier molecular flexibility index (Phi) is 6.48. The molecule has 0 radical (unpaired) electrons. The predicted molar refractivity (Wildman–Crippen MR) is 106 cm³/mol. The van der Waals surface area contributed by atoms with E-state index in [1.54, 1.807) is 0 Å². The molecule has 0 aliphatic heterocycles. The van der Waals surface area contributed by atoms with E-state index in [0.717, 1.165) is 36.1 Å². The third-order valence-electron chi connectivity index (χ3n) is 4.47. The van der Waals surface area contributed by atoms with E-state index in [9.17, 15) is 18.8 Å². The van der Waals surface area contributed by atoms with Gasteiger partial charge in [0.15, 0.2) is 12.7 Å². The van der Waals surface area contributed by atoms with Gasteiger partial charge in [-0.25, -0.2) is 9.18 Å². The van der Waals surface area contributed by atoms with Crippen molar-refractivity contribution in [3.05, 3.63) is 46.1 Å². The number of benzene rings is 1. The highest BCUT2D eigenvalue weighted by atomic mass is 32.1. The molecule has 3 rings (SSSR count). The quantitative estimate of drug-likeness (QED) is 0.670. The number of fused-ring (bicyclic) bond motifs is 1. The number of carbonyl (C=O) groups excluding carboxylic acids is 3. The molecule has 0 fully saturated rings. The second-order valence-corrected chi connectivity index (χ2v) is 7.75. The molecule has 9 heteroatoms. The molecule has 1 heterocycles. The number of anilines is 1. The predicted octanol–water partition coefficient (Wildman–Crippen LogP) is 2.81. The average Bonchev–Trinajstić information content (AvgIpc) is 3.05. The molecule has 1 aromatic carbocycles. The minimum absolute atomic E-state index is 0.301. The molecule has 29 heavy (non-hydrogen) atoms. The van der Waals surface area contributed by atoms with Gasteiger partial charge in [-0.2, -0.15) is 0 Å². The fourth-order valence-electron chi connectivity index (χ4n) is 3.10. The molecule has 0 saturated carbocycles. The van der Waals surface area contributed by atoms with E-state index in [1.165, 1.54) is 42.5 Å². The maximum Gasteiger partial charge on any atom is 0.347 e. The van der Waals surface area contributed by atoms with E-state index in [4.69, 9.17) is 15.2 Å². The van der Waals surface area contributed by atoms with Crippen molar-refractivity contribution in [2.45, 2.75) is 38.7 Å². The van der Waals surface area contributed by atoms with Crippen molar-refractivity contribution in [3.8, 4) is 5.75 Å². The molecule has 2 aromatic rings. The van der Waals surface area contributed by atoms with Crippen molar-refractivity contribution in [3.63, 3.8) is 0 Å². The first kappa shape index (κ1) is 20.8. The van der Waals surface area contributed by atoms with Gasteiger partial charge >= 0.3 is 5.97 Å². The van der Waals surface area contributed by atoms with Gasteiger partial charge in [0.1, 0.15) is 16.6 Å². The number of rotatable bonds is 7. The van der Waals surface area contributed by atoms with E-state index in [1.807, 2.05) is 0 Å². The summed E-state index contributed by atoms with van der Waals surface area (Å²) in [6.07, 6.45) is 2.63. The van der Waals surface area contributed by atoms with Crippen LogP contribution < -0.4 is 15.8 Å². The SMILES string of the molecule is C[C@@H](Oc1ccc(F)cc1)C(=O)OCC(=O)Nc1sc2c(c1C(N)=O)CCCC2. The van der Waals surface area contributed by atoms with Gasteiger partial charge in [-0.15, -0.1) is 11.3 Å². The van der Waals surface area contributed by atoms with Gasteiger partial charge in [-0.1, -0.05) is 0 Å². The van der Waals surface area contributed by atoms with Gasteiger partial charge in [-0.05, 0) is 62.4 Å². The van der Waals surface area contributed by atoms with Gasteiger partial charge in [0.25, 0.3) is 11.8 Å². The standard InChI is InChI=1S/C20H21FN2O5S/c1-11(28-13-8-6-12(21)7-9-13)20(26)27-10-16(24)23-19-17(18(22)25)14-4-2-3-5-15(14)29-19/h6-9,11H,2-5,10H2,1H3,(H2,22,25)(H,23,24)/t11-/m1/s1. The van der Waals surface area contributed by atoms with E-state index in [2.05, 4.69) is 5.32 Å². The average molecular weight is 420 g/mol. The Morgan fingerprint density at radius 1 is 1.21 bits per heavy atom. The molecule has 154 valence electrons. The number of aryl methyl sites for hydroxylation is 1. The number of carbonyl (C=O) groups is 3. The maximum atomic E-state index is 12.9. The Morgan fingerprint density at radius 3 is 2.59 bits per heavy atom. The van der Waals surface area contributed by atoms with Crippen molar-refractivity contribution < 1.29 is 28.2 Å². The number of ether oxygens (including phenoxy) is 2. The van der Waals surface area contributed by atoms with Crippen molar-refractivity contribution in [2.75, 3.05) is 11.9 Å². The number of hydrogen-bond donors (Lipinski definition) is 2. The zero-order chi connectivity index (χ0) is 21.0. The van der Waals surface area contributed by atoms with Gasteiger partial charge in [0.2, 0.25) is 0 Å². The fourth-order valence-corrected chi connectivity index (χ4v) is 4.41. The van der Waals surface area contributed by atoms with Gasteiger partial charge in [0, 0.05) is 4.88 Å². The number of nitrogens with one attached hydrogen (secondary N) is 1. The first-order chi connectivity index (χ1) is 13.8. The summed E-state index contributed by atoms with van der Waals surface area (Å²) >= 11 is 1.33. The number of amides is 2. The van der Waals surface area contributed by atoms with Gasteiger partial charge in [-0.3, -0.25) is 9.59 Å². The molecular weight excluding hydrogens is 399 g/mol. The number of thiophene rings is 1. The molecule has 1 aliphatic rings. The molecule has 0 bridgehead atoms. The van der Waals surface area contributed by atoms with Crippen LogP contribution >= 0.6 is 11.3 Å². The van der Waals surface area contributed by atoms with E-state index >= 15 is 0 Å². The molecule has 0 spiro atoms. The highest BCUT2D eigenvalue weighted by Gasteiger charge is 2.25. The first-order valence-corrected chi connectivity index (χ1v) is 10.00. The van der Waals surface area contributed by atoms with Gasteiger partial charge < -0.3 is 20.5 Å². The highest BCUT2D eigenvalue weighted by molar-refractivity contribution is 7.17. The van der Waals surface area contributed by atoms with Crippen LogP contribution in [0.15, 0.2) is 24.3 Å². The Balaban J connectivity index is 1.56. The Bertz CT molecular complexity index is 926. The minimum atomic E-state index is -0.983. The number of halogens is 1. The summed E-state index contributed by atoms with van der Waals surface area (Å²) in [7, 11) is 0. The smallest absolute Gasteiger partial charge is 0.347 e. The summed E-state index contributed by atoms with van der Waals surface area (Å²) in [5.41, 5.74) is 6.74. The second kappa shape index (κ2) is 9.04. The molecule has 0 saturated heterocycles. The topological polar surface area (TPSA) is 108 Å². The lowest BCUT2D eigenvalue weighted by Gasteiger charge is -2.14. The lowest BCUT2D eigenvalue weighted by atomic mass is 9.95. The highest BCUT2D eigenvalue weighted by Crippen LogP contribution is 2.37. The zero-order valence-electron chi connectivity index (χ0n) is 15.8. The summed E-state index contributed by atoms with van der Waals surface area (Å²) in [5, 5.41) is 3.01. The fraction of sp³-hybridized carbons (Fsp3) is 0.350. The van der Waals surface area contributed by atoms with Crippen LogP contribution in [0, 0.1) is 5.82 Å². The van der Waals surface area contributed by atoms with E-state index < -0.39 is 36.3 Å². The monoisotopic (exact) mass is 420 g/mol. The molecule has 7 nitrogen and oxygen atoms in total. The zero-order valence-corrected chi connectivity index (χ0v) is 16.6. The van der Waals surface area contributed by atoms with Crippen molar-refractivity contribution in [2.24, 2.45) is 5.73 Å². The van der Waals surface area contributed by atoms with Crippen LogP contribution in [0.3, 0.4) is 0 Å². The Morgan fingerprint density at radius 2 is 1.90 bits per heavy atom. The number of nitrogens with two attached hydrogens (primary N) is 1. The maximum absolute atomic E-state index is 12.9. The molecular formula is C20H21FN2O5S. The van der Waals surface area contributed by atoms with E-state index in [0.29, 0.717) is 16.3 Å². The van der Waals surface area contributed by atoms with Crippen LogP contribution in [-0.2, 0) is 27.2 Å². The summed E-state index contributed by atoms with van der Waals surface area (Å²) in [5.74, 6) is -2.03. The normalized spacial score (nSPS) is 13.9. The molecule has 0 unspecified atom stereocenters. The molecule has 1 atom stereocenters. The molecule has 1 aromatic heterocycles. The van der Waals surface area contributed by atoms with Gasteiger partial charge in [0.05, 0.1) is 5.56 Å². The summed E-state index contributed by atoms with van der Waals surface area (Å²) in [6, 6.07) is 5.18. The van der Waals surface area contributed by atoms with Crippen molar-refractivity contribution >= 4 is 34.1 Å². The molecule has 2 amide bonds. The second-order valence-electron chi connectivity index (χ2n) is 6.65. The van der Waals surface area contributed by atoms with Crippen LogP contribution in [0.2, 0.25) is 0 Å². The largest absolute Gasteiger partial charge is 0.479 e. The molecule has 1 aliphatic carbocycles. The minimum Gasteiger partial charge on any atom is -0.479 e. The number of hydrogen-bond acceptors (Lipinski definition) is 6.